The van der Waals surface area contributed by atoms with Gasteiger partial charge in [-0.1, -0.05) is 80.3 Å². The van der Waals surface area contributed by atoms with Gasteiger partial charge in [0, 0.05) is 0 Å². The van der Waals surface area contributed by atoms with Gasteiger partial charge >= 0.3 is 0 Å². The van der Waals surface area contributed by atoms with Crippen molar-refractivity contribution >= 4 is 46.0 Å². The number of nitrogens with zero attached hydrogens (tertiary/aromatic N) is 1. The molecule has 116 valence electrons. The Morgan fingerprint density at radius 2 is 1.70 bits per heavy atom. The molecular weight excluding hydrogens is 322 g/mol. The van der Waals surface area contributed by atoms with Gasteiger partial charge in [-0.15, -0.1) is 0 Å². The number of thioether (sulfide) groups is 1. The van der Waals surface area contributed by atoms with E-state index in [9.17, 15) is 4.79 Å². The zero-order valence-electron chi connectivity index (χ0n) is 13.0. The topological polar surface area (TPSA) is 20.3 Å². The predicted octanol–water partition coefficient (Wildman–Crippen LogP) is 5.22. The summed E-state index contributed by atoms with van der Waals surface area (Å²) in [5.74, 6) is 0.444. The standard InChI is InChI=1S/C19H17NOS2/c1-13(2)15-10-8-14(9-11-15)12-17-18(21)20(19(22)23-17)16-6-4-3-5-7-16/h3-13H,1-2H3. The molecular formula is C19H17NOS2. The lowest BCUT2D eigenvalue weighted by atomic mass is 10.0. The van der Waals surface area contributed by atoms with E-state index in [0.29, 0.717) is 15.1 Å². The molecule has 1 heterocycles. The van der Waals surface area contributed by atoms with Crippen LogP contribution in [0.15, 0.2) is 59.5 Å². The smallest absolute Gasteiger partial charge is 0.268 e. The Labute approximate surface area is 146 Å². The Bertz CT molecular complexity index is 764. The van der Waals surface area contributed by atoms with Crippen LogP contribution in [0, 0.1) is 0 Å². The summed E-state index contributed by atoms with van der Waals surface area (Å²) in [4.78, 5) is 14.9. The normalized spacial score (nSPS) is 16.7. The van der Waals surface area contributed by atoms with Crippen LogP contribution in [0.5, 0.6) is 0 Å². The molecule has 1 saturated heterocycles. The molecule has 1 aliphatic rings. The van der Waals surface area contributed by atoms with Crippen molar-refractivity contribution in [3.63, 3.8) is 0 Å². The fourth-order valence-corrected chi connectivity index (χ4v) is 3.69. The maximum Gasteiger partial charge on any atom is 0.270 e. The van der Waals surface area contributed by atoms with E-state index < -0.39 is 0 Å². The van der Waals surface area contributed by atoms with Gasteiger partial charge < -0.3 is 0 Å². The number of hydrogen-bond donors (Lipinski definition) is 0. The van der Waals surface area contributed by atoms with Gasteiger partial charge in [-0.25, -0.2) is 0 Å². The molecule has 1 aliphatic heterocycles. The van der Waals surface area contributed by atoms with Crippen LogP contribution in [0.1, 0.15) is 30.9 Å². The summed E-state index contributed by atoms with van der Waals surface area (Å²) >= 11 is 6.73. The molecule has 1 fully saturated rings. The summed E-state index contributed by atoms with van der Waals surface area (Å²) in [5, 5.41) is 0. The second kappa shape index (κ2) is 6.69. The van der Waals surface area contributed by atoms with Gasteiger partial charge in [-0.2, -0.15) is 0 Å². The van der Waals surface area contributed by atoms with Crippen molar-refractivity contribution in [2.75, 3.05) is 4.90 Å². The molecule has 3 rings (SSSR count). The van der Waals surface area contributed by atoms with Crippen LogP contribution in [0.25, 0.3) is 6.08 Å². The number of para-hydroxylation sites is 1. The summed E-state index contributed by atoms with van der Waals surface area (Å²) in [6, 6.07) is 17.8. The molecule has 0 aromatic heterocycles. The van der Waals surface area contributed by atoms with E-state index in [0.717, 1.165) is 11.3 Å². The summed E-state index contributed by atoms with van der Waals surface area (Å²) in [6.45, 7) is 4.33. The molecule has 2 aromatic rings. The Hall–Kier alpha value is -1.91. The second-order valence-corrected chi connectivity index (χ2v) is 7.35. The highest BCUT2D eigenvalue weighted by atomic mass is 32.2. The number of carbonyl (C=O) groups excluding carboxylic acids is 1. The van der Waals surface area contributed by atoms with Gasteiger partial charge in [-0.05, 0) is 35.3 Å². The largest absolute Gasteiger partial charge is 0.270 e. The van der Waals surface area contributed by atoms with Crippen LogP contribution in [0.3, 0.4) is 0 Å². The van der Waals surface area contributed by atoms with Crippen molar-refractivity contribution in [3.05, 3.63) is 70.6 Å². The summed E-state index contributed by atoms with van der Waals surface area (Å²) in [5.41, 5.74) is 3.12. The Morgan fingerprint density at radius 1 is 1.04 bits per heavy atom. The average Bonchev–Trinajstić information content (AvgIpc) is 2.82. The Morgan fingerprint density at radius 3 is 2.30 bits per heavy atom. The van der Waals surface area contributed by atoms with Crippen LogP contribution in [-0.4, -0.2) is 10.2 Å². The van der Waals surface area contributed by atoms with Crippen molar-refractivity contribution in [2.24, 2.45) is 0 Å². The molecule has 2 aromatic carbocycles. The van der Waals surface area contributed by atoms with Crippen molar-refractivity contribution in [3.8, 4) is 0 Å². The van der Waals surface area contributed by atoms with Crippen LogP contribution in [-0.2, 0) is 4.79 Å². The van der Waals surface area contributed by atoms with Crippen LogP contribution in [0.2, 0.25) is 0 Å². The quantitative estimate of drug-likeness (QED) is 0.565. The highest BCUT2D eigenvalue weighted by Gasteiger charge is 2.33. The van der Waals surface area contributed by atoms with Gasteiger partial charge in [0.15, 0.2) is 4.32 Å². The van der Waals surface area contributed by atoms with Gasteiger partial charge in [0.1, 0.15) is 0 Å². The lowest BCUT2D eigenvalue weighted by Gasteiger charge is -2.13. The van der Waals surface area contributed by atoms with E-state index >= 15 is 0 Å². The SMILES string of the molecule is CC(C)c1ccc(C=C2SC(=S)N(c3ccccc3)C2=O)cc1. The first kappa shape index (κ1) is 16.0. The second-order valence-electron chi connectivity index (χ2n) is 5.67. The number of hydrogen-bond acceptors (Lipinski definition) is 3. The average molecular weight is 339 g/mol. The van der Waals surface area contributed by atoms with Crippen molar-refractivity contribution < 1.29 is 4.79 Å². The van der Waals surface area contributed by atoms with Crippen LogP contribution >= 0.6 is 24.0 Å². The first-order chi connectivity index (χ1) is 11.1. The van der Waals surface area contributed by atoms with E-state index in [2.05, 4.69) is 26.0 Å². The van der Waals surface area contributed by atoms with E-state index in [-0.39, 0.29) is 5.91 Å². The molecule has 1 amide bonds. The van der Waals surface area contributed by atoms with Crippen molar-refractivity contribution in [1.29, 1.82) is 0 Å². The molecule has 0 N–H and O–H groups in total. The molecule has 0 spiro atoms. The van der Waals surface area contributed by atoms with Gasteiger partial charge in [0.25, 0.3) is 5.91 Å². The third-order valence-electron chi connectivity index (χ3n) is 3.71. The lowest BCUT2D eigenvalue weighted by Crippen LogP contribution is -2.27. The summed E-state index contributed by atoms with van der Waals surface area (Å²) < 4.78 is 0.575. The van der Waals surface area contributed by atoms with E-state index in [4.69, 9.17) is 12.2 Å². The minimum absolute atomic E-state index is 0.0564. The third kappa shape index (κ3) is 3.38. The minimum Gasteiger partial charge on any atom is -0.268 e. The number of benzene rings is 2. The maximum absolute atomic E-state index is 12.6. The fourth-order valence-electron chi connectivity index (χ4n) is 2.40. The van der Waals surface area contributed by atoms with E-state index in [1.807, 2.05) is 48.5 Å². The van der Waals surface area contributed by atoms with Gasteiger partial charge in [0.05, 0.1) is 10.6 Å². The van der Waals surface area contributed by atoms with Crippen LogP contribution in [0.4, 0.5) is 5.69 Å². The van der Waals surface area contributed by atoms with E-state index in [1.165, 1.54) is 17.3 Å². The highest BCUT2D eigenvalue weighted by Crippen LogP contribution is 2.35. The molecule has 4 heteroatoms. The molecule has 0 aliphatic carbocycles. The molecule has 0 atom stereocenters. The zero-order valence-corrected chi connectivity index (χ0v) is 14.7. The van der Waals surface area contributed by atoms with Crippen molar-refractivity contribution in [2.45, 2.75) is 19.8 Å². The number of amides is 1. The third-order valence-corrected chi connectivity index (χ3v) is 5.01. The molecule has 0 radical (unpaired) electrons. The van der Waals surface area contributed by atoms with Gasteiger partial charge in [-0.3, -0.25) is 9.69 Å². The minimum atomic E-state index is -0.0564. The molecule has 23 heavy (non-hydrogen) atoms. The van der Waals surface area contributed by atoms with Gasteiger partial charge in [0.2, 0.25) is 0 Å². The predicted molar refractivity (Wildman–Crippen MR) is 103 cm³/mol. The highest BCUT2D eigenvalue weighted by molar-refractivity contribution is 8.27. The number of thiocarbonyl (C=S) groups is 1. The summed E-state index contributed by atoms with van der Waals surface area (Å²) in [7, 11) is 0. The zero-order chi connectivity index (χ0) is 16.4. The number of carbonyl (C=O) groups is 1. The molecule has 0 bridgehead atoms. The van der Waals surface area contributed by atoms with Crippen LogP contribution < -0.4 is 4.90 Å². The number of rotatable bonds is 3. The molecule has 2 nitrogen and oxygen atoms in total. The molecule has 0 saturated carbocycles. The lowest BCUT2D eigenvalue weighted by molar-refractivity contribution is -0.113. The number of anilines is 1. The van der Waals surface area contributed by atoms with Crippen molar-refractivity contribution in [1.82, 2.24) is 0 Å². The first-order valence-electron chi connectivity index (χ1n) is 7.49. The Balaban J connectivity index is 1.87. The molecule has 0 unspecified atom stereocenters. The Kier molecular flexibility index (Phi) is 4.64. The van der Waals surface area contributed by atoms with E-state index in [1.54, 1.807) is 4.90 Å². The first-order valence-corrected chi connectivity index (χ1v) is 8.71. The maximum atomic E-state index is 12.6. The summed E-state index contributed by atoms with van der Waals surface area (Å²) in [6.07, 6.45) is 1.91. The monoisotopic (exact) mass is 339 g/mol. The fraction of sp³-hybridized carbons (Fsp3) is 0.158.